The van der Waals surface area contributed by atoms with Gasteiger partial charge < -0.3 is 9.84 Å². The van der Waals surface area contributed by atoms with Crippen LogP contribution in [0.25, 0.3) is 5.76 Å². The van der Waals surface area contributed by atoms with E-state index in [4.69, 9.17) is 4.74 Å². The lowest BCUT2D eigenvalue weighted by atomic mass is 9.93. The number of aliphatic hydroxyl groups excluding tert-OH is 1. The lowest BCUT2D eigenvalue weighted by molar-refractivity contribution is -0.132. The van der Waals surface area contributed by atoms with Crippen LogP contribution in [-0.4, -0.2) is 23.9 Å². The molecule has 7 heteroatoms. The molecule has 0 spiro atoms. The second-order valence-electron chi connectivity index (χ2n) is 7.84. The van der Waals surface area contributed by atoms with Gasteiger partial charge in [-0.05, 0) is 48.7 Å². The molecule has 1 unspecified atom stereocenters. The molecule has 1 N–H and O–H groups in total. The number of aliphatic hydroxyl groups is 1. The first-order valence-corrected chi connectivity index (χ1v) is 10.2. The minimum atomic E-state index is -1.13. The number of nitrogens with zero attached hydrogens (tertiary/aromatic N) is 1. The van der Waals surface area contributed by atoms with Crippen molar-refractivity contribution in [2.24, 2.45) is 0 Å². The maximum absolute atomic E-state index is 14.7. The van der Waals surface area contributed by atoms with Gasteiger partial charge in [-0.3, -0.25) is 14.5 Å². The molecule has 0 radical (unpaired) electrons. The van der Waals surface area contributed by atoms with Crippen LogP contribution in [0.1, 0.15) is 28.3 Å². The van der Waals surface area contributed by atoms with Crippen LogP contribution in [-0.2, 0) is 9.59 Å². The molecule has 1 fully saturated rings. The summed E-state index contributed by atoms with van der Waals surface area (Å²) in [4.78, 5) is 27.2. The summed E-state index contributed by atoms with van der Waals surface area (Å²) in [6, 6.07) is 13.6. The van der Waals surface area contributed by atoms with Crippen LogP contribution in [0.15, 0.2) is 66.2 Å². The van der Waals surface area contributed by atoms with Crippen molar-refractivity contribution in [1.29, 1.82) is 0 Å². The number of anilines is 1. The number of ketones is 1. The van der Waals surface area contributed by atoms with E-state index in [9.17, 15) is 23.5 Å². The largest absolute Gasteiger partial charge is 0.507 e. The third kappa shape index (κ3) is 3.75. The van der Waals surface area contributed by atoms with Gasteiger partial charge in [0.2, 0.25) is 0 Å². The predicted octanol–water partition coefficient (Wildman–Crippen LogP) is 5.22. The fourth-order valence-corrected chi connectivity index (χ4v) is 4.25. The molecule has 1 atom stereocenters. The molecular formula is C26H21F2NO4. The molecule has 3 aromatic carbocycles. The van der Waals surface area contributed by atoms with Crippen molar-refractivity contribution in [3.8, 4) is 5.75 Å². The Morgan fingerprint density at radius 2 is 1.70 bits per heavy atom. The smallest absolute Gasteiger partial charge is 0.300 e. The lowest BCUT2D eigenvalue weighted by Crippen LogP contribution is -2.30. The van der Waals surface area contributed by atoms with Gasteiger partial charge in [0.25, 0.3) is 11.7 Å². The Morgan fingerprint density at radius 3 is 2.33 bits per heavy atom. The zero-order valence-electron chi connectivity index (χ0n) is 18.2. The average molecular weight is 449 g/mol. The summed E-state index contributed by atoms with van der Waals surface area (Å²) in [5, 5.41) is 11.3. The summed E-state index contributed by atoms with van der Waals surface area (Å²) in [5.41, 5.74) is 1.79. The zero-order chi connectivity index (χ0) is 23.9. The van der Waals surface area contributed by atoms with Gasteiger partial charge in [-0.15, -0.1) is 0 Å². The van der Waals surface area contributed by atoms with Gasteiger partial charge in [0, 0.05) is 6.07 Å². The molecule has 4 rings (SSSR count). The maximum atomic E-state index is 14.7. The normalized spacial score (nSPS) is 17.5. The van der Waals surface area contributed by atoms with E-state index in [0.29, 0.717) is 17.4 Å². The van der Waals surface area contributed by atoms with E-state index in [0.717, 1.165) is 28.2 Å². The highest BCUT2D eigenvalue weighted by atomic mass is 19.1. The Labute approximate surface area is 189 Å². The van der Waals surface area contributed by atoms with Gasteiger partial charge in [-0.2, -0.15) is 0 Å². The van der Waals surface area contributed by atoms with Crippen LogP contribution in [0.4, 0.5) is 14.5 Å². The lowest BCUT2D eigenvalue weighted by Gasteiger charge is -2.26. The summed E-state index contributed by atoms with van der Waals surface area (Å²) < 4.78 is 33.7. The van der Waals surface area contributed by atoms with Crippen molar-refractivity contribution in [2.75, 3.05) is 12.0 Å². The summed E-state index contributed by atoms with van der Waals surface area (Å²) in [6.07, 6.45) is 0. The Kier molecular flexibility index (Phi) is 5.72. The first-order valence-electron chi connectivity index (χ1n) is 10.2. The Balaban J connectivity index is 2.02. The summed E-state index contributed by atoms with van der Waals surface area (Å²) in [5.74, 6) is -3.91. The second kappa shape index (κ2) is 8.50. The molecule has 1 saturated heterocycles. The van der Waals surface area contributed by atoms with Crippen LogP contribution in [0.2, 0.25) is 0 Å². The highest BCUT2D eigenvalue weighted by Gasteiger charge is 2.48. The third-order valence-corrected chi connectivity index (χ3v) is 5.61. The molecule has 0 saturated carbocycles. The van der Waals surface area contributed by atoms with Crippen molar-refractivity contribution in [1.82, 2.24) is 0 Å². The van der Waals surface area contributed by atoms with Crippen molar-refractivity contribution >= 4 is 23.1 Å². The number of benzene rings is 3. The van der Waals surface area contributed by atoms with Gasteiger partial charge in [-0.25, -0.2) is 8.78 Å². The van der Waals surface area contributed by atoms with Gasteiger partial charge in [-0.1, -0.05) is 36.4 Å². The fraction of sp³-hybridized carbons (Fsp3) is 0.154. The molecule has 168 valence electrons. The van der Waals surface area contributed by atoms with E-state index in [1.54, 1.807) is 43.3 Å². The number of hydrogen-bond donors (Lipinski definition) is 1. The minimum absolute atomic E-state index is 0.210. The van der Waals surface area contributed by atoms with Gasteiger partial charge in [0.1, 0.15) is 23.1 Å². The Bertz CT molecular complexity index is 1300. The number of carbonyl (C=O) groups is 2. The zero-order valence-corrected chi connectivity index (χ0v) is 18.2. The number of rotatable bonds is 4. The molecule has 33 heavy (non-hydrogen) atoms. The number of methoxy groups -OCH3 is 1. The van der Waals surface area contributed by atoms with Gasteiger partial charge in [0.15, 0.2) is 0 Å². The van der Waals surface area contributed by atoms with E-state index in [1.165, 1.54) is 7.11 Å². The number of ether oxygens (including phenoxy) is 1. The van der Waals surface area contributed by atoms with E-state index < -0.39 is 35.1 Å². The fourth-order valence-electron chi connectivity index (χ4n) is 4.25. The first-order chi connectivity index (χ1) is 15.7. The number of amides is 1. The highest BCUT2D eigenvalue weighted by molar-refractivity contribution is 6.51. The summed E-state index contributed by atoms with van der Waals surface area (Å²) >= 11 is 0. The number of carbonyl (C=O) groups excluding carboxylic acids is 2. The third-order valence-electron chi connectivity index (χ3n) is 5.61. The Morgan fingerprint density at radius 1 is 1.00 bits per heavy atom. The molecule has 1 aliphatic rings. The number of Topliss-reactive ketones (excluding diaryl/α,β-unsaturated/α-hetero) is 1. The monoisotopic (exact) mass is 449 g/mol. The molecule has 1 aliphatic heterocycles. The number of aryl methyl sites for hydroxylation is 2. The Hall–Kier alpha value is -4.00. The summed E-state index contributed by atoms with van der Waals surface area (Å²) in [7, 11) is 1.44. The summed E-state index contributed by atoms with van der Waals surface area (Å²) in [6.45, 7) is 3.62. The number of hydrogen-bond acceptors (Lipinski definition) is 4. The van der Waals surface area contributed by atoms with Crippen LogP contribution < -0.4 is 9.64 Å². The standard InChI is InChI=1S/C26H21F2NO4/c1-14-11-15(2)25(33-3)18(12-14)23(30)21-22(16-7-5-4-6-8-16)29(26(32)24(21)31)20-10-9-17(27)13-19(20)28/h4-13,22,30H,1-3H3/b23-21+. The van der Waals surface area contributed by atoms with Gasteiger partial charge >= 0.3 is 0 Å². The molecule has 3 aromatic rings. The average Bonchev–Trinajstić information content (AvgIpc) is 3.04. The molecule has 0 aromatic heterocycles. The minimum Gasteiger partial charge on any atom is -0.507 e. The second-order valence-corrected chi connectivity index (χ2v) is 7.84. The highest BCUT2D eigenvalue weighted by Crippen LogP contribution is 2.44. The number of halogens is 2. The topological polar surface area (TPSA) is 66.8 Å². The van der Waals surface area contributed by atoms with Crippen molar-refractivity contribution in [3.05, 3.63) is 100 Å². The molecule has 5 nitrogen and oxygen atoms in total. The predicted molar refractivity (Wildman–Crippen MR) is 120 cm³/mol. The van der Waals surface area contributed by atoms with E-state index >= 15 is 0 Å². The van der Waals surface area contributed by atoms with Crippen molar-refractivity contribution < 1.29 is 28.2 Å². The maximum Gasteiger partial charge on any atom is 0.300 e. The quantitative estimate of drug-likeness (QED) is 0.337. The molecule has 1 heterocycles. The van der Waals surface area contributed by atoms with Crippen LogP contribution in [0.5, 0.6) is 5.75 Å². The van der Waals surface area contributed by atoms with Crippen molar-refractivity contribution in [2.45, 2.75) is 19.9 Å². The molecule has 0 bridgehead atoms. The first kappa shape index (κ1) is 22.2. The van der Waals surface area contributed by atoms with E-state index in [-0.39, 0.29) is 16.8 Å². The van der Waals surface area contributed by atoms with E-state index in [1.807, 2.05) is 13.0 Å². The molecular weight excluding hydrogens is 428 g/mol. The van der Waals surface area contributed by atoms with Crippen LogP contribution >= 0.6 is 0 Å². The van der Waals surface area contributed by atoms with E-state index in [2.05, 4.69) is 0 Å². The van der Waals surface area contributed by atoms with Crippen LogP contribution in [0.3, 0.4) is 0 Å². The van der Waals surface area contributed by atoms with Crippen LogP contribution in [0, 0.1) is 25.5 Å². The van der Waals surface area contributed by atoms with Crippen molar-refractivity contribution in [3.63, 3.8) is 0 Å². The molecule has 1 amide bonds. The SMILES string of the molecule is COc1c(C)cc(C)cc1/C(O)=C1\C(=O)C(=O)N(c2ccc(F)cc2F)C1c1ccccc1. The van der Waals surface area contributed by atoms with Gasteiger partial charge in [0.05, 0.1) is 30.0 Å². The molecule has 0 aliphatic carbocycles.